The van der Waals surface area contributed by atoms with Gasteiger partial charge in [-0.1, -0.05) is 41.4 Å². The van der Waals surface area contributed by atoms with E-state index in [4.69, 9.17) is 16.6 Å². The van der Waals surface area contributed by atoms with Gasteiger partial charge in [0.25, 0.3) is 11.6 Å². The number of anilines is 1. The number of aromatic nitrogens is 4. The second-order valence-electron chi connectivity index (χ2n) is 9.53. The Morgan fingerprint density at radius 1 is 0.974 bits per heavy atom. The number of nitro groups is 1. The number of amides is 1. The number of halogens is 1. The topological polar surface area (TPSA) is 110 Å². The van der Waals surface area contributed by atoms with Crippen molar-refractivity contribution in [3.05, 3.63) is 93.0 Å². The van der Waals surface area contributed by atoms with Crippen molar-refractivity contribution in [1.82, 2.24) is 24.5 Å². The molecule has 6 rings (SSSR count). The molecule has 3 heterocycles. The molecule has 1 aliphatic heterocycles. The van der Waals surface area contributed by atoms with E-state index >= 15 is 0 Å². The van der Waals surface area contributed by atoms with E-state index in [1.165, 1.54) is 6.07 Å². The quantitative estimate of drug-likeness (QED) is 0.228. The first-order valence-electron chi connectivity index (χ1n) is 12.6. The van der Waals surface area contributed by atoms with Crippen molar-refractivity contribution in [3.8, 4) is 11.4 Å². The van der Waals surface area contributed by atoms with Crippen LogP contribution in [0.15, 0.2) is 66.7 Å². The molecule has 0 N–H and O–H groups in total. The van der Waals surface area contributed by atoms with Gasteiger partial charge in [0, 0.05) is 48.2 Å². The molecular formula is C28H24ClN7O3. The maximum atomic E-state index is 13.3. The summed E-state index contributed by atoms with van der Waals surface area (Å²) in [6.07, 6.45) is 0.719. The van der Waals surface area contributed by atoms with Crippen LogP contribution in [0.25, 0.3) is 27.9 Å². The summed E-state index contributed by atoms with van der Waals surface area (Å²) in [6, 6.07) is 19.4. The van der Waals surface area contributed by atoms with Crippen molar-refractivity contribution in [2.24, 2.45) is 0 Å². The summed E-state index contributed by atoms with van der Waals surface area (Å²) in [5.74, 6) is 0.866. The average molecular weight is 542 g/mol. The van der Waals surface area contributed by atoms with Crippen LogP contribution < -0.4 is 4.90 Å². The molecule has 0 unspecified atom stereocenters. The van der Waals surface area contributed by atoms with Crippen LogP contribution in [0, 0.1) is 17.0 Å². The molecule has 11 heteroatoms. The molecule has 2 aromatic heterocycles. The Labute approximate surface area is 228 Å². The first-order chi connectivity index (χ1) is 18.9. The van der Waals surface area contributed by atoms with Crippen LogP contribution in [0.2, 0.25) is 5.02 Å². The Hall–Kier alpha value is -4.57. The zero-order chi connectivity index (χ0) is 27.1. The number of carbonyl (C=O) groups excluding carboxylic acids is 1. The first-order valence-corrected chi connectivity index (χ1v) is 13.0. The smallest absolute Gasteiger partial charge is 0.280 e. The Morgan fingerprint density at radius 2 is 1.82 bits per heavy atom. The molecule has 39 heavy (non-hydrogen) atoms. The molecule has 0 saturated carbocycles. The van der Waals surface area contributed by atoms with Gasteiger partial charge in [-0.3, -0.25) is 14.9 Å². The minimum Gasteiger partial charge on any atom is -0.340 e. The van der Waals surface area contributed by atoms with Crippen LogP contribution in [0.4, 0.5) is 11.6 Å². The number of aryl methyl sites for hydroxylation is 1. The number of rotatable bonds is 4. The number of carbonyl (C=O) groups is 1. The van der Waals surface area contributed by atoms with E-state index in [1.807, 2.05) is 42.2 Å². The van der Waals surface area contributed by atoms with E-state index in [9.17, 15) is 14.9 Å². The Kier molecular flexibility index (Phi) is 6.32. The van der Waals surface area contributed by atoms with Crippen molar-refractivity contribution in [1.29, 1.82) is 0 Å². The summed E-state index contributed by atoms with van der Waals surface area (Å²) in [5.41, 5.74) is 3.15. The summed E-state index contributed by atoms with van der Waals surface area (Å²) >= 11 is 6.30. The normalized spacial score (nSPS) is 14.1. The summed E-state index contributed by atoms with van der Waals surface area (Å²) in [6.45, 7) is 4.20. The van der Waals surface area contributed by atoms with Gasteiger partial charge in [0.2, 0.25) is 5.95 Å². The maximum Gasteiger partial charge on any atom is 0.280 e. The molecule has 0 aliphatic carbocycles. The van der Waals surface area contributed by atoms with Gasteiger partial charge in [-0.25, -0.2) is 9.38 Å². The lowest BCUT2D eigenvalue weighted by Gasteiger charge is -2.24. The van der Waals surface area contributed by atoms with Gasteiger partial charge in [-0.2, -0.15) is 0 Å². The third-order valence-corrected chi connectivity index (χ3v) is 7.19. The Balaban J connectivity index is 1.45. The van der Waals surface area contributed by atoms with E-state index in [0.717, 1.165) is 17.4 Å². The summed E-state index contributed by atoms with van der Waals surface area (Å²) in [7, 11) is 0. The number of benzene rings is 3. The molecule has 3 aromatic carbocycles. The molecule has 0 radical (unpaired) electrons. The number of hydrogen-bond donors (Lipinski definition) is 0. The second kappa shape index (κ2) is 9.95. The van der Waals surface area contributed by atoms with E-state index in [1.54, 1.807) is 34.7 Å². The highest BCUT2D eigenvalue weighted by Gasteiger charge is 2.27. The molecule has 10 nitrogen and oxygen atoms in total. The average Bonchev–Trinajstić information content (AvgIpc) is 3.23. The van der Waals surface area contributed by atoms with Crippen molar-refractivity contribution in [3.63, 3.8) is 0 Å². The predicted octanol–water partition coefficient (Wildman–Crippen LogP) is 5.17. The van der Waals surface area contributed by atoms with Gasteiger partial charge >= 0.3 is 0 Å². The summed E-state index contributed by atoms with van der Waals surface area (Å²) in [5, 5.41) is 21.9. The zero-order valence-corrected chi connectivity index (χ0v) is 21.9. The van der Waals surface area contributed by atoms with E-state index < -0.39 is 4.92 Å². The van der Waals surface area contributed by atoms with Gasteiger partial charge < -0.3 is 9.80 Å². The zero-order valence-electron chi connectivity index (χ0n) is 21.1. The molecule has 0 bridgehead atoms. The largest absolute Gasteiger partial charge is 0.340 e. The first kappa shape index (κ1) is 24.7. The van der Waals surface area contributed by atoms with E-state index in [2.05, 4.69) is 15.1 Å². The van der Waals surface area contributed by atoms with Gasteiger partial charge in [0.1, 0.15) is 0 Å². The standard InChI is InChI=1S/C28H24ClN7O3/c1-18-6-4-7-19(16-18)27(37)33-12-5-13-34(15-14-33)28-30-23-17-20(29)10-11-21(23)25-31-32-26(35(25)28)22-8-2-3-9-24(22)36(38)39/h2-4,6-11,16-17H,5,12-15H2,1H3. The van der Waals surface area contributed by atoms with Gasteiger partial charge in [0.05, 0.1) is 16.0 Å². The van der Waals surface area contributed by atoms with Crippen LogP contribution in [0.1, 0.15) is 22.3 Å². The number of para-hydroxylation sites is 1. The highest BCUT2D eigenvalue weighted by molar-refractivity contribution is 6.31. The minimum absolute atomic E-state index is 0.00570. The molecule has 1 aliphatic rings. The van der Waals surface area contributed by atoms with Crippen LogP contribution in [-0.2, 0) is 0 Å². The lowest BCUT2D eigenvalue weighted by molar-refractivity contribution is -0.384. The number of nitro benzene ring substituents is 1. The van der Waals surface area contributed by atoms with Gasteiger partial charge in [-0.05, 0) is 49.7 Å². The van der Waals surface area contributed by atoms with E-state index in [-0.39, 0.29) is 11.6 Å². The van der Waals surface area contributed by atoms with Crippen molar-refractivity contribution >= 4 is 45.7 Å². The number of fused-ring (bicyclic) bond motifs is 3. The minimum atomic E-state index is -0.426. The number of nitrogens with zero attached hydrogens (tertiary/aromatic N) is 7. The van der Waals surface area contributed by atoms with Crippen LogP contribution in [-0.4, -0.2) is 61.5 Å². The van der Waals surface area contributed by atoms with E-state index in [0.29, 0.717) is 65.3 Å². The lowest BCUT2D eigenvalue weighted by atomic mass is 10.1. The molecule has 1 saturated heterocycles. The van der Waals surface area contributed by atoms with Crippen molar-refractivity contribution in [2.75, 3.05) is 31.1 Å². The fraction of sp³-hybridized carbons (Fsp3) is 0.214. The fourth-order valence-electron chi connectivity index (χ4n) is 5.08. The SMILES string of the molecule is Cc1cccc(C(=O)N2CCCN(c3nc4cc(Cl)ccc4c4nnc(-c5ccccc5[N+](=O)[O-])n34)CC2)c1. The number of hydrogen-bond acceptors (Lipinski definition) is 7. The van der Waals surface area contributed by atoms with Crippen LogP contribution in [0.5, 0.6) is 0 Å². The fourth-order valence-corrected chi connectivity index (χ4v) is 5.25. The molecule has 1 fully saturated rings. The molecule has 0 atom stereocenters. The predicted molar refractivity (Wildman–Crippen MR) is 149 cm³/mol. The third-order valence-electron chi connectivity index (χ3n) is 6.96. The Bertz CT molecular complexity index is 1750. The lowest BCUT2D eigenvalue weighted by Crippen LogP contribution is -2.36. The summed E-state index contributed by atoms with van der Waals surface area (Å²) in [4.78, 5) is 33.6. The molecular weight excluding hydrogens is 518 g/mol. The highest BCUT2D eigenvalue weighted by Crippen LogP contribution is 2.34. The monoisotopic (exact) mass is 541 g/mol. The van der Waals surface area contributed by atoms with Crippen LogP contribution in [0.3, 0.4) is 0 Å². The summed E-state index contributed by atoms with van der Waals surface area (Å²) < 4.78 is 1.77. The molecule has 1 amide bonds. The highest BCUT2D eigenvalue weighted by atomic mass is 35.5. The maximum absolute atomic E-state index is 13.3. The van der Waals surface area contributed by atoms with Crippen LogP contribution >= 0.6 is 11.6 Å². The molecule has 5 aromatic rings. The third kappa shape index (κ3) is 4.52. The Morgan fingerprint density at radius 3 is 2.64 bits per heavy atom. The second-order valence-corrected chi connectivity index (χ2v) is 9.97. The van der Waals surface area contributed by atoms with Gasteiger partial charge in [-0.15, -0.1) is 10.2 Å². The molecule has 0 spiro atoms. The molecule has 196 valence electrons. The van der Waals surface area contributed by atoms with Crippen molar-refractivity contribution in [2.45, 2.75) is 13.3 Å². The van der Waals surface area contributed by atoms with Crippen molar-refractivity contribution < 1.29 is 9.72 Å². The van der Waals surface area contributed by atoms with Gasteiger partial charge in [0.15, 0.2) is 11.5 Å².